The third kappa shape index (κ3) is 1.87. The smallest absolute Gasteiger partial charge is 0.174 e. The summed E-state index contributed by atoms with van der Waals surface area (Å²) >= 11 is 0. The van der Waals surface area contributed by atoms with Crippen molar-refractivity contribution in [3.8, 4) is 0 Å². The van der Waals surface area contributed by atoms with Crippen LogP contribution in [0.15, 0.2) is 24.0 Å². The first kappa shape index (κ1) is 8.84. The Morgan fingerprint density at radius 2 is 2.17 bits per heavy atom. The fraction of sp³-hybridized carbons (Fsp3) is 0.444. The van der Waals surface area contributed by atoms with Crippen molar-refractivity contribution in [3.63, 3.8) is 0 Å². The zero-order chi connectivity index (χ0) is 9.14. The van der Waals surface area contributed by atoms with Crippen molar-refractivity contribution < 1.29 is 4.79 Å². The van der Waals surface area contributed by atoms with Crippen LogP contribution in [0.4, 0.5) is 0 Å². The molecule has 1 rings (SSSR count). The number of ketones is 1. The minimum Gasteiger partial charge on any atom is -0.364 e. The van der Waals surface area contributed by atoms with E-state index in [-0.39, 0.29) is 5.78 Å². The predicted octanol–water partition coefficient (Wildman–Crippen LogP) is 0.460. The standard InChI is InChI=1S/C9H14N2O/c1-10(2)9-6-4-5-8(12)7-11(9)3/h4-6H,7H2,1-3H3. The Balaban J connectivity index is 2.81. The van der Waals surface area contributed by atoms with Crippen LogP contribution >= 0.6 is 0 Å². The van der Waals surface area contributed by atoms with Crippen LogP contribution in [-0.4, -0.2) is 43.3 Å². The van der Waals surface area contributed by atoms with E-state index in [2.05, 4.69) is 0 Å². The van der Waals surface area contributed by atoms with Crippen molar-refractivity contribution in [3.05, 3.63) is 24.0 Å². The predicted molar refractivity (Wildman–Crippen MR) is 48.5 cm³/mol. The Labute approximate surface area is 73.0 Å². The lowest BCUT2D eigenvalue weighted by atomic mass is 10.3. The summed E-state index contributed by atoms with van der Waals surface area (Å²) in [5.41, 5.74) is 0. The highest BCUT2D eigenvalue weighted by atomic mass is 16.1. The molecule has 0 aliphatic carbocycles. The zero-order valence-electron chi connectivity index (χ0n) is 7.74. The molecule has 0 atom stereocenters. The van der Waals surface area contributed by atoms with Crippen LogP contribution in [0.5, 0.6) is 0 Å². The molecule has 66 valence electrons. The summed E-state index contributed by atoms with van der Waals surface area (Å²) in [6.45, 7) is 0.459. The van der Waals surface area contributed by atoms with E-state index in [9.17, 15) is 4.79 Å². The molecule has 0 unspecified atom stereocenters. The fourth-order valence-electron chi connectivity index (χ4n) is 1.23. The molecule has 0 bridgehead atoms. The van der Waals surface area contributed by atoms with Gasteiger partial charge in [-0.15, -0.1) is 0 Å². The average Bonchev–Trinajstić information content (AvgIpc) is 2.10. The maximum Gasteiger partial charge on any atom is 0.174 e. The molecule has 3 nitrogen and oxygen atoms in total. The summed E-state index contributed by atoms with van der Waals surface area (Å²) in [7, 11) is 5.84. The molecule has 0 saturated heterocycles. The van der Waals surface area contributed by atoms with Gasteiger partial charge in [0, 0.05) is 21.1 Å². The summed E-state index contributed by atoms with van der Waals surface area (Å²) in [5.74, 6) is 1.20. The molecule has 0 fully saturated rings. The summed E-state index contributed by atoms with van der Waals surface area (Å²) in [6.07, 6.45) is 5.33. The van der Waals surface area contributed by atoms with E-state index >= 15 is 0 Å². The molecule has 1 aliphatic heterocycles. The molecule has 0 spiro atoms. The van der Waals surface area contributed by atoms with Gasteiger partial charge < -0.3 is 9.80 Å². The fourth-order valence-corrected chi connectivity index (χ4v) is 1.23. The number of hydrogen-bond acceptors (Lipinski definition) is 3. The van der Waals surface area contributed by atoms with Gasteiger partial charge in [-0.25, -0.2) is 0 Å². The van der Waals surface area contributed by atoms with Crippen LogP contribution < -0.4 is 0 Å². The van der Waals surface area contributed by atoms with Gasteiger partial charge in [0.05, 0.1) is 6.54 Å². The molecular formula is C9H14N2O. The maximum absolute atomic E-state index is 11.1. The topological polar surface area (TPSA) is 23.6 Å². The van der Waals surface area contributed by atoms with Gasteiger partial charge in [0.25, 0.3) is 0 Å². The molecule has 0 aromatic rings. The minimum atomic E-state index is 0.144. The van der Waals surface area contributed by atoms with Gasteiger partial charge in [-0.2, -0.15) is 0 Å². The van der Waals surface area contributed by atoms with Gasteiger partial charge >= 0.3 is 0 Å². The van der Waals surface area contributed by atoms with Crippen molar-refractivity contribution in [2.45, 2.75) is 0 Å². The Morgan fingerprint density at radius 1 is 1.50 bits per heavy atom. The first-order valence-corrected chi connectivity index (χ1v) is 3.91. The molecule has 0 saturated carbocycles. The second-order valence-corrected chi connectivity index (χ2v) is 3.10. The molecule has 3 heteroatoms. The Kier molecular flexibility index (Phi) is 2.53. The number of nitrogens with zero attached hydrogens (tertiary/aromatic N) is 2. The minimum absolute atomic E-state index is 0.144. The van der Waals surface area contributed by atoms with Gasteiger partial charge in [0.2, 0.25) is 0 Å². The van der Waals surface area contributed by atoms with Gasteiger partial charge in [-0.3, -0.25) is 4.79 Å². The lowest BCUT2D eigenvalue weighted by molar-refractivity contribution is -0.115. The number of rotatable bonds is 1. The summed E-state index contributed by atoms with van der Waals surface area (Å²) in [6, 6.07) is 0. The van der Waals surface area contributed by atoms with Crippen molar-refractivity contribution in [2.24, 2.45) is 0 Å². The summed E-state index contributed by atoms with van der Waals surface area (Å²) in [5, 5.41) is 0. The van der Waals surface area contributed by atoms with Gasteiger partial charge in [-0.1, -0.05) is 6.08 Å². The summed E-state index contributed by atoms with van der Waals surface area (Å²) in [4.78, 5) is 15.0. The third-order valence-corrected chi connectivity index (χ3v) is 1.77. The van der Waals surface area contributed by atoms with Crippen LogP contribution in [0.3, 0.4) is 0 Å². The average molecular weight is 166 g/mol. The molecule has 1 heterocycles. The van der Waals surface area contributed by atoms with Crippen molar-refractivity contribution in [1.29, 1.82) is 0 Å². The highest BCUT2D eigenvalue weighted by molar-refractivity contribution is 5.92. The van der Waals surface area contributed by atoms with E-state index in [0.29, 0.717) is 6.54 Å². The molecule has 0 amide bonds. The zero-order valence-corrected chi connectivity index (χ0v) is 7.74. The molecule has 12 heavy (non-hydrogen) atoms. The molecule has 0 radical (unpaired) electrons. The van der Waals surface area contributed by atoms with E-state index in [1.165, 1.54) is 0 Å². The lowest BCUT2D eigenvalue weighted by Crippen LogP contribution is -2.30. The van der Waals surface area contributed by atoms with Crippen molar-refractivity contribution in [2.75, 3.05) is 27.7 Å². The summed E-state index contributed by atoms with van der Waals surface area (Å²) < 4.78 is 0. The maximum atomic E-state index is 11.1. The quantitative estimate of drug-likeness (QED) is 0.565. The Morgan fingerprint density at radius 3 is 2.75 bits per heavy atom. The molecular weight excluding hydrogens is 152 g/mol. The highest BCUT2D eigenvalue weighted by Gasteiger charge is 2.10. The monoisotopic (exact) mass is 166 g/mol. The number of likely N-dealkylation sites (N-methyl/N-ethyl adjacent to an activating group) is 1. The second kappa shape index (κ2) is 3.43. The van der Waals surface area contributed by atoms with Gasteiger partial charge in [-0.05, 0) is 12.2 Å². The highest BCUT2D eigenvalue weighted by Crippen LogP contribution is 2.07. The number of carbonyl (C=O) groups is 1. The number of carbonyl (C=O) groups excluding carboxylic acids is 1. The van der Waals surface area contributed by atoms with E-state index in [1.807, 2.05) is 37.0 Å². The van der Waals surface area contributed by atoms with Gasteiger partial charge in [0.1, 0.15) is 5.82 Å². The van der Waals surface area contributed by atoms with E-state index in [0.717, 1.165) is 5.82 Å². The third-order valence-electron chi connectivity index (χ3n) is 1.77. The normalized spacial score (nSPS) is 17.4. The van der Waals surface area contributed by atoms with Gasteiger partial charge in [0.15, 0.2) is 5.78 Å². The second-order valence-electron chi connectivity index (χ2n) is 3.10. The molecule has 0 aromatic heterocycles. The largest absolute Gasteiger partial charge is 0.364 e. The molecule has 0 aromatic carbocycles. The molecule has 1 aliphatic rings. The van der Waals surface area contributed by atoms with Crippen LogP contribution in [0.25, 0.3) is 0 Å². The van der Waals surface area contributed by atoms with Crippen LogP contribution in [0, 0.1) is 0 Å². The van der Waals surface area contributed by atoms with Crippen LogP contribution in [0.1, 0.15) is 0 Å². The van der Waals surface area contributed by atoms with Crippen LogP contribution in [0.2, 0.25) is 0 Å². The first-order chi connectivity index (χ1) is 5.61. The van der Waals surface area contributed by atoms with Crippen molar-refractivity contribution >= 4 is 5.78 Å². The Hall–Kier alpha value is -1.25. The lowest BCUT2D eigenvalue weighted by Gasteiger charge is -2.26. The Bertz CT molecular complexity index is 241. The van der Waals surface area contributed by atoms with E-state index in [4.69, 9.17) is 0 Å². The van der Waals surface area contributed by atoms with E-state index < -0.39 is 0 Å². The SMILES string of the molecule is CN(C)C1=CC=CC(=O)CN1C. The van der Waals surface area contributed by atoms with E-state index in [1.54, 1.807) is 12.2 Å². The first-order valence-electron chi connectivity index (χ1n) is 3.91. The number of hydrogen-bond donors (Lipinski definition) is 0. The number of allylic oxidation sites excluding steroid dienone is 2. The van der Waals surface area contributed by atoms with Crippen molar-refractivity contribution in [1.82, 2.24) is 9.80 Å². The molecule has 0 N–H and O–H groups in total. The van der Waals surface area contributed by atoms with Crippen LogP contribution in [-0.2, 0) is 4.79 Å².